The molecule has 1 aromatic carbocycles. The lowest BCUT2D eigenvalue weighted by Gasteiger charge is -2.19. The number of benzene rings is 1. The van der Waals surface area contributed by atoms with Gasteiger partial charge in [-0.1, -0.05) is 12.1 Å². The smallest absolute Gasteiger partial charge is 0.387 e. The second kappa shape index (κ2) is 6.74. The first kappa shape index (κ1) is 17.8. The van der Waals surface area contributed by atoms with E-state index in [1.54, 1.807) is 31.1 Å². The Labute approximate surface area is 148 Å². The van der Waals surface area contributed by atoms with Crippen LogP contribution in [0, 0.1) is 0 Å². The normalized spacial score (nSPS) is 14.8. The molecule has 1 fully saturated rings. The fourth-order valence-electron chi connectivity index (χ4n) is 2.62. The number of carbonyl (C=O) groups excluding carboxylic acids is 1. The van der Waals surface area contributed by atoms with E-state index >= 15 is 0 Å². The summed E-state index contributed by atoms with van der Waals surface area (Å²) < 4.78 is 28.8. The molecule has 0 spiro atoms. The van der Waals surface area contributed by atoms with E-state index in [9.17, 15) is 18.4 Å². The van der Waals surface area contributed by atoms with Crippen molar-refractivity contribution in [3.05, 3.63) is 51.9 Å². The molecule has 0 saturated heterocycles. The number of anilines is 1. The Bertz CT molecular complexity index is 861. The van der Waals surface area contributed by atoms with Crippen LogP contribution in [-0.4, -0.2) is 36.6 Å². The molecule has 1 amide bonds. The van der Waals surface area contributed by atoms with Gasteiger partial charge in [0.05, 0.1) is 5.54 Å². The monoisotopic (exact) mass is 364 g/mol. The number of alkyl halides is 2. The highest BCUT2D eigenvalue weighted by Gasteiger charge is 2.46. The van der Waals surface area contributed by atoms with Gasteiger partial charge in [0.1, 0.15) is 11.4 Å². The van der Waals surface area contributed by atoms with Gasteiger partial charge in [0.15, 0.2) is 0 Å². The van der Waals surface area contributed by atoms with Crippen LogP contribution in [0.3, 0.4) is 0 Å². The summed E-state index contributed by atoms with van der Waals surface area (Å²) >= 11 is 0. The Morgan fingerprint density at radius 2 is 1.96 bits per heavy atom. The Morgan fingerprint density at radius 1 is 1.31 bits per heavy atom. The number of aromatic nitrogens is 2. The van der Waals surface area contributed by atoms with Crippen LogP contribution in [0.2, 0.25) is 0 Å². The zero-order valence-electron chi connectivity index (χ0n) is 14.3. The molecule has 3 rings (SSSR count). The summed E-state index contributed by atoms with van der Waals surface area (Å²) in [5.41, 5.74) is -0.207. The highest BCUT2D eigenvalue weighted by molar-refractivity contribution is 5.93. The molecule has 0 bridgehead atoms. The zero-order chi connectivity index (χ0) is 18.9. The van der Waals surface area contributed by atoms with Gasteiger partial charge in [-0.2, -0.15) is 8.78 Å². The van der Waals surface area contributed by atoms with E-state index in [1.165, 1.54) is 12.1 Å². The summed E-state index contributed by atoms with van der Waals surface area (Å²) in [6.45, 7) is -2.89. The number of ether oxygens (including phenoxy) is 1. The number of nitrogens with one attached hydrogen (secondary N) is 2. The van der Waals surface area contributed by atoms with Crippen molar-refractivity contribution in [3.63, 3.8) is 0 Å². The summed E-state index contributed by atoms with van der Waals surface area (Å²) in [5, 5.41) is 2.89. The molecule has 9 heteroatoms. The van der Waals surface area contributed by atoms with Crippen molar-refractivity contribution in [1.29, 1.82) is 0 Å². The van der Waals surface area contributed by atoms with Crippen LogP contribution in [0.4, 0.5) is 14.7 Å². The second-order valence-corrected chi connectivity index (χ2v) is 6.29. The van der Waals surface area contributed by atoms with Crippen molar-refractivity contribution in [2.24, 2.45) is 0 Å². The highest BCUT2D eigenvalue weighted by atomic mass is 19.3. The Kier molecular flexibility index (Phi) is 4.62. The predicted molar refractivity (Wildman–Crippen MR) is 90.6 cm³/mol. The molecule has 1 heterocycles. The van der Waals surface area contributed by atoms with Crippen molar-refractivity contribution < 1.29 is 18.3 Å². The van der Waals surface area contributed by atoms with E-state index in [4.69, 9.17) is 0 Å². The van der Waals surface area contributed by atoms with E-state index in [2.05, 4.69) is 20.0 Å². The molecule has 2 aromatic rings. The third-order valence-corrected chi connectivity index (χ3v) is 4.12. The number of carbonyl (C=O) groups is 1. The van der Waals surface area contributed by atoms with Gasteiger partial charge in [0.2, 0.25) is 5.95 Å². The molecule has 7 nitrogen and oxygen atoms in total. The Morgan fingerprint density at radius 3 is 2.50 bits per heavy atom. The van der Waals surface area contributed by atoms with Crippen LogP contribution < -0.4 is 20.5 Å². The van der Waals surface area contributed by atoms with Crippen LogP contribution in [-0.2, 0) is 5.54 Å². The van der Waals surface area contributed by atoms with Crippen molar-refractivity contribution in [3.8, 4) is 5.75 Å². The Balaban J connectivity index is 1.78. The van der Waals surface area contributed by atoms with Gasteiger partial charge < -0.3 is 15.0 Å². The molecule has 2 N–H and O–H groups in total. The molecular weight excluding hydrogens is 346 g/mol. The topological polar surface area (TPSA) is 87.3 Å². The quantitative estimate of drug-likeness (QED) is 0.817. The SMILES string of the molecule is CN(C)c1nc(C(=O)NC2(c3ccc(OC(F)F)cc3)CC2)cc(=O)[nH]1. The first-order valence-electron chi connectivity index (χ1n) is 7.96. The standard InChI is InChI=1S/C17H18F2N4O3/c1-23(2)16-20-12(9-13(24)21-16)14(25)22-17(7-8-17)10-3-5-11(6-4-10)26-15(18)19/h3-6,9,15H,7-8H2,1-2H3,(H,22,25)(H,20,21,24). The predicted octanol–water partition coefficient (Wildman–Crippen LogP) is 1.86. The molecule has 0 unspecified atom stereocenters. The number of amides is 1. The third kappa shape index (κ3) is 3.81. The van der Waals surface area contributed by atoms with Gasteiger partial charge in [-0.15, -0.1) is 0 Å². The van der Waals surface area contributed by atoms with Gasteiger partial charge in [-0.3, -0.25) is 14.6 Å². The summed E-state index contributed by atoms with van der Waals surface area (Å²) in [4.78, 5) is 32.5. The molecule has 0 atom stereocenters. The largest absolute Gasteiger partial charge is 0.435 e. The van der Waals surface area contributed by atoms with Crippen LogP contribution >= 0.6 is 0 Å². The molecule has 1 aliphatic carbocycles. The minimum Gasteiger partial charge on any atom is -0.435 e. The molecule has 0 radical (unpaired) electrons. The summed E-state index contributed by atoms with van der Waals surface area (Å²) in [6, 6.07) is 7.29. The van der Waals surface area contributed by atoms with Gasteiger partial charge in [0, 0.05) is 20.2 Å². The van der Waals surface area contributed by atoms with Crippen LogP contribution in [0.15, 0.2) is 35.1 Å². The molecule has 138 valence electrons. The maximum atomic E-state index is 12.5. The first-order valence-corrected chi connectivity index (χ1v) is 7.96. The maximum absolute atomic E-state index is 12.5. The van der Waals surface area contributed by atoms with Crippen molar-refractivity contribution in [1.82, 2.24) is 15.3 Å². The second-order valence-electron chi connectivity index (χ2n) is 6.29. The molecule has 1 aromatic heterocycles. The lowest BCUT2D eigenvalue weighted by atomic mass is 10.0. The molecule has 0 aliphatic heterocycles. The lowest BCUT2D eigenvalue weighted by Crippen LogP contribution is -2.36. The maximum Gasteiger partial charge on any atom is 0.387 e. The highest BCUT2D eigenvalue weighted by Crippen LogP contribution is 2.46. The van der Waals surface area contributed by atoms with Gasteiger partial charge in [-0.25, -0.2) is 4.98 Å². The molecule has 1 aliphatic rings. The number of rotatable bonds is 6. The number of hydrogen-bond acceptors (Lipinski definition) is 5. The first-order chi connectivity index (χ1) is 12.3. The fraction of sp³-hybridized carbons (Fsp3) is 0.353. The Hall–Kier alpha value is -2.97. The average molecular weight is 364 g/mol. The summed E-state index contributed by atoms with van der Waals surface area (Å²) in [7, 11) is 3.40. The van der Waals surface area contributed by atoms with Crippen LogP contribution in [0.1, 0.15) is 28.9 Å². The van der Waals surface area contributed by atoms with Crippen molar-refractivity contribution in [2.75, 3.05) is 19.0 Å². The van der Waals surface area contributed by atoms with Crippen LogP contribution in [0.25, 0.3) is 0 Å². The van der Waals surface area contributed by atoms with E-state index < -0.39 is 23.6 Å². The van der Waals surface area contributed by atoms with Crippen molar-refractivity contribution in [2.45, 2.75) is 25.0 Å². The molecule has 26 heavy (non-hydrogen) atoms. The van der Waals surface area contributed by atoms with Gasteiger partial charge in [-0.05, 0) is 30.5 Å². The van der Waals surface area contributed by atoms with Gasteiger partial charge >= 0.3 is 6.61 Å². The summed E-state index contributed by atoms with van der Waals surface area (Å²) in [5.74, 6) is -0.136. The van der Waals surface area contributed by atoms with E-state index in [0.29, 0.717) is 12.8 Å². The number of aromatic amines is 1. The zero-order valence-corrected chi connectivity index (χ0v) is 14.3. The number of hydrogen-bond donors (Lipinski definition) is 2. The average Bonchev–Trinajstić information content (AvgIpc) is 3.35. The fourth-order valence-corrected chi connectivity index (χ4v) is 2.62. The summed E-state index contributed by atoms with van der Waals surface area (Å²) in [6.07, 6.45) is 1.41. The van der Waals surface area contributed by atoms with Gasteiger partial charge in [0.25, 0.3) is 11.5 Å². The van der Waals surface area contributed by atoms with Crippen molar-refractivity contribution >= 4 is 11.9 Å². The minimum absolute atomic E-state index is 0.0152. The van der Waals surface area contributed by atoms with E-state index in [1.807, 2.05) is 0 Å². The van der Waals surface area contributed by atoms with E-state index in [-0.39, 0.29) is 17.4 Å². The molecule has 1 saturated carbocycles. The number of nitrogens with zero attached hydrogens (tertiary/aromatic N) is 2. The van der Waals surface area contributed by atoms with E-state index in [0.717, 1.165) is 11.6 Å². The van der Waals surface area contributed by atoms with Crippen LogP contribution in [0.5, 0.6) is 5.75 Å². The third-order valence-electron chi connectivity index (χ3n) is 4.12. The minimum atomic E-state index is -2.89. The number of H-pyrrole nitrogens is 1. The lowest BCUT2D eigenvalue weighted by molar-refractivity contribution is -0.0498. The molecular formula is C17H18F2N4O3. The number of halogens is 2.